The lowest BCUT2D eigenvalue weighted by molar-refractivity contribution is -0.135. The average Bonchev–Trinajstić information content (AvgIpc) is 2.21. The lowest BCUT2D eigenvalue weighted by Gasteiger charge is -2.39. The van der Waals surface area contributed by atoms with Gasteiger partial charge in [0, 0.05) is 22.3 Å². The molecular weight excluding hydrogens is 286 g/mol. The summed E-state index contributed by atoms with van der Waals surface area (Å²) in [5.74, 6) is 0.313. The fraction of sp³-hybridized carbons (Fsp3) is 0.900. The summed E-state index contributed by atoms with van der Waals surface area (Å²) >= 11 is 0. The molecule has 0 aliphatic rings. The van der Waals surface area contributed by atoms with E-state index in [1.165, 1.54) is 0 Å². The third-order valence-corrected chi connectivity index (χ3v) is 4.11. The van der Waals surface area contributed by atoms with E-state index in [9.17, 15) is 9.59 Å². The molecule has 136 valence electrons. The summed E-state index contributed by atoms with van der Waals surface area (Å²) in [5, 5.41) is 3.18. The Morgan fingerprint density at radius 1 is 0.783 bits per heavy atom. The molecule has 1 N–H and O–H groups in total. The maximum atomic E-state index is 12.8. The standard InChI is InChI=1S/C20H39NO2/c1-14(2)15(22)18(6,7)13-20(10,11)21-16(23)19(8,9)12-17(3,4)5/h14H,12-13H2,1-11H3,(H,21,23). The molecule has 0 bridgehead atoms. The number of Topliss-reactive ketones (excluding diaryl/α,β-unsaturated/α-hetero) is 1. The van der Waals surface area contributed by atoms with Crippen molar-refractivity contribution in [3.63, 3.8) is 0 Å². The van der Waals surface area contributed by atoms with Gasteiger partial charge in [0.2, 0.25) is 5.91 Å². The molecule has 0 aliphatic carbocycles. The van der Waals surface area contributed by atoms with Crippen LogP contribution in [-0.4, -0.2) is 17.2 Å². The Labute approximate surface area is 144 Å². The van der Waals surface area contributed by atoms with Crippen molar-refractivity contribution < 1.29 is 9.59 Å². The van der Waals surface area contributed by atoms with E-state index in [2.05, 4.69) is 26.1 Å². The van der Waals surface area contributed by atoms with Crippen LogP contribution in [0, 0.1) is 22.2 Å². The van der Waals surface area contributed by atoms with Crippen LogP contribution in [0.3, 0.4) is 0 Å². The third kappa shape index (κ3) is 7.50. The van der Waals surface area contributed by atoms with Crippen LogP contribution in [0.15, 0.2) is 0 Å². The lowest BCUT2D eigenvalue weighted by Crippen LogP contribution is -2.52. The van der Waals surface area contributed by atoms with Crippen LogP contribution in [0.25, 0.3) is 0 Å². The van der Waals surface area contributed by atoms with E-state index in [0.717, 1.165) is 6.42 Å². The minimum Gasteiger partial charge on any atom is -0.351 e. The Kier molecular flexibility index (Phi) is 6.68. The topological polar surface area (TPSA) is 46.2 Å². The van der Waals surface area contributed by atoms with Crippen LogP contribution in [0.4, 0.5) is 0 Å². The number of amides is 1. The molecule has 1 amide bonds. The molecule has 0 radical (unpaired) electrons. The van der Waals surface area contributed by atoms with Crippen LogP contribution < -0.4 is 5.32 Å². The Morgan fingerprint density at radius 3 is 1.57 bits per heavy atom. The zero-order valence-electron chi connectivity index (χ0n) is 17.3. The van der Waals surface area contributed by atoms with Gasteiger partial charge in [-0.3, -0.25) is 9.59 Å². The first-order valence-corrected chi connectivity index (χ1v) is 8.77. The van der Waals surface area contributed by atoms with Crippen molar-refractivity contribution in [2.45, 2.75) is 94.5 Å². The molecule has 23 heavy (non-hydrogen) atoms. The van der Waals surface area contributed by atoms with Crippen molar-refractivity contribution >= 4 is 11.7 Å². The highest BCUT2D eigenvalue weighted by Gasteiger charge is 2.39. The second-order valence-corrected chi connectivity index (χ2v) is 10.5. The largest absolute Gasteiger partial charge is 0.351 e. The second kappa shape index (κ2) is 6.94. The average molecular weight is 326 g/mol. The quantitative estimate of drug-likeness (QED) is 0.717. The van der Waals surface area contributed by atoms with Gasteiger partial charge >= 0.3 is 0 Å². The van der Waals surface area contributed by atoms with Crippen molar-refractivity contribution in [1.29, 1.82) is 0 Å². The maximum Gasteiger partial charge on any atom is 0.226 e. The molecule has 0 spiro atoms. The van der Waals surface area contributed by atoms with Crippen LogP contribution in [0.5, 0.6) is 0 Å². The van der Waals surface area contributed by atoms with E-state index in [1.54, 1.807) is 0 Å². The number of carbonyl (C=O) groups excluding carboxylic acids is 2. The van der Waals surface area contributed by atoms with Gasteiger partial charge in [-0.05, 0) is 32.1 Å². The monoisotopic (exact) mass is 325 g/mol. The van der Waals surface area contributed by atoms with Gasteiger partial charge in [0.05, 0.1) is 0 Å². The SMILES string of the molecule is CC(C)C(=O)C(C)(C)CC(C)(C)NC(=O)C(C)(C)CC(C)(C)C. The van der Waals surface area contributed by atoms with E-state index in [4.69, 9.17) is 0 Å². The molecular formula is C20H39NO2. The summed E-state index contributed by atoms with van der Waals surface area (Å²) in [4.78, 5) is 25.2. The summed E-state index contributed by atoms with van der Waals surface area (Å²) in [5.41, 5.74) is -1.20. The number of ketones is 1. The fourth-order valence-electron chi connectivity index (χ4n) is 3.90. The molecule has 0 aromatic rings. The van der Waals surface area contributed by atoms with E-state index < -0.39 is 16.4 Å². The molecule has 0 heterocycles. The van der Waals surface area contributed by atoms with Crippen LogP contribution >= 0.6 is 0 Å². The van der Waals surface area contributed by atoms with Gasteiger partial charge < -0.3 is 5.32 Å². The smallest absolute Gasteiger partial charge is 0.226 e. The molecule has 0 aliphatic heterocycles. The number of carbonyl (C=O) groups is 2. The van der Waals surface area contributed by atoms with E-state index in [1.807, 2.05) is 55.4 Å². The first-order valence-electron chi connectivity index (χ1n) is 8.77. The predicted octanol–water partition coefficient (Wildman–Crippen LogP) is 4.99. The summed E-state index contributed by atoms with van der Waals surface area (Å²) in [6.45, 7) is 22.3. The van der Waals surface area contributed by atoms with Crippen LogP contribution in [0.1, 0.15) is 89.0 Å². The van der Waals surface area contributed by atoms with Gasteiger partial charge in [-0.1, -0.05) is 62.3 Å². The highest BCUT2D eigenvalue weighted by molar-refractivity contribution is 5.86. The van der Waals surface area contributed by atoms with E-state index >= 15 is 0 Å². The molecule has 0 saturated heterocycles. The van der Waals surface area contributed by atoms with Crippen LogP contribution in [-0.2, 0) is 9.59 Å². The first-order chi connectivity index (χ1) is 9.90. The van der Waals surface area contributed by atoms with Crippen molar-refractivity contribution in [3.05, 3.63) is 0 Å². The molecule has 0 aromatic carbocycles. The Morgan fingerprint density at radius 2 is 1.22 bits per heavy atom. The van der Waals surface area contributed by atoms with Gasteiger partial charge in [-0.25, -0.2) is 0 Å². The Balaban J connectivity index is 5.06. The van der Waals surface area contributed by atoms with Gasteiger partial charge in [0.15, 0.2) is 0 Å². The summed E-state index contributed by atoms with van der Waals surface area (Å²) in [6, 6.07) is 0. The number of nitrogens with one attached hydrogen (secondary N) is 1. The van der Waals surface area contributed by atoms with Crippen molar-refractivity contribution in [3.8, 4) is 0 Å². The van der Waals surface area contributed by atoms with Crippen molar-refractivity contribution in [2.24, 2.45) is 22.2 Å². The normalized spacial score (nSPS) is 14.1. The van der Waals surface area contributed by atoms with E-state index in [-0.39, 0.29) is 23.0 Å². The summed E-state index contributed by atoms with van der Waals surface area (Å²) < 4.78 is 0. The highest BCUT2D eigenvalue weighted by atomic mass is 16.2. The fourth-order valence-corrected chi connectivity index (χ4v) is 3.90. The van der Waals surface area contributed by atoms with Gasteiger partial charge in [-0.15, -0.1) is 0 Å². The molecule has 3 nitrogen and oxygen atoms in total. The zero-order valence-corrected chi connectivity index (χ0v) is 17.3. The second-order valence-electron chi connectivity index (χ2n) is 10.5. The van der Waals surface area contributed by atoms with Crippen molar-refractivity contribution in [1.82, 2.24) is 5.32 Å². The molecule has 0 unspecified atom stereocenters. The van der Waals surface area contributed by atoms with Gasteiger partial charge in [-0.2, -0.15) is 0 Å². The first kappa shape index (κ1) is 22.1. The highest BCUT2D eigenvalue weighted by Crippen LogP contribution is 2.35. The molecule has 0 atom stereocenters. The summed E-state index contributed by atoms with van der Waals surface area (Å²) in [6.07, 6.45) is 1.45. The van der Waals surface area contributed by atoms with Gasteiger partial charge in [0.25, 0.3) is 0 Å². The van der Waals surface area contributed by atoms with E-state index in [0.29, 0.717) is 6.42 Å². The molecule has 0 fully saturated rings. The zero-order chi connectivity index (χ0) is 18.9. The number of hydrogen-bond acceptors (Lipinski definition) is 2. The molecule has 0 aromatic heterocycles. The minimum absolute atomic E-state index is 0.00818. The number of hydrogen-bond donors (Lipinski definition) is 1. The summed E-state index contributed by atoms with van der Waals surface area (Å²) in [7, 11) is 0. The van der Waals surface area contributed by atoms with Crippen molar-refractivity contribution in [2.75, 3.05) is 0 Å². The predicted molar refractivity (Wildman–Crippen MR) is 98.3 cm³/mol. The van der Waals surface area contributed by atoms with Gasteiger partial charge in [0.1, 0.15) is 5.78 Å². The third-order valence-electron chi connectivity index (χ3n) is 4.11. The molecule has 0 saturated carbocycles. The lowest BCUT2D eigenvalue weighted by atomic mass is 9.72. The minimum atomic E-state index is -0.445. The Bertz CT molecular complexity index is 437. The Hall–Kier alpha value is -0.860. The number of rotatable bonds is 7. The molecule has 0 rings (SSSR count). The van der Waals surface area contributed by atoms with Crippen LogP contribution in [0.2, 0.25) is 0 Å². The maximum absolute atomic E-state index is 12.8. The molecule has 3 heteroatoms.